The van der Waals surface area contributed by atoms with Crippen LogP contribution in [0, 0.1) is 0 Å². The van der Waals surface area contributed by atoms with Gasteiger partial charge in [-0.05, 0) is 36.2 Å². The molecular formula is C23H27N3O6. The van der Waals surface area contributed by atoms with E-state index < -0.39 is 6.10 Å². The zero-order valence-electron chi connectivity index (χ0n) is 17.8. The van der Waals surface area contributed by atoms with Gasteiger partial charge in [-0.15, -0.1) is 0 Å². The third kappa shape index (κ3) is 5.07. The lowest BCUT2D eigenvalue weighted by atomic mass is 9.84. The summed E-state index contributed by atoms with van der Waals surface area (Å²) in [7, 11) is 1.46. The predicted molar refractivity (Wildman–Crippen MR) is 115 cm³/mol. The molecule has 0 spiro atoms. The number of aromatic nitrogens is 1. The van der Waals surface area contributed by atoms with E-state index in [0.29, 0.717) is 24.4 Å². The molecule has 0 unspecified atom stereocenters. The number of nitrogens with zero attached hydrogens (tertiary/aromatic N) is 1. The van der Waals surface area contributed by atoms with Crippen molar-refractivity contribution < 1.29 is 28.9 Å². The molecule has 0 saturated carbocycles. The highest BCUT2D eigenvalue weighted by Crippen LogP contribution is 2.47. The number of amides is 2. The van der Waals surface area contributed by atoms with Crippen molar-refractivity contribution in [3.63, 3.8) is 0 Å². The lowest BCUT2D eigenvalue weighted by Crippen LogP contribution is -2.47. The summed E-state index contributed by atoms with van der Waals surface area (Å²) in [6.07, 6.45) is 2.91. The molecule has 2 amide bonds. The van der Waals surface area contributed by atoms with Crippen molar-refractivity contribution in [2.75, 3.05) is 25.6 Å². The number of hydrogen-bond acceptors (Lipinski definition) is 7. The molecule has 4 atom stereocenters. The summed E-state index contributed by atoms with van der Waals surface area (Å²) in [5.74, 6) is 0.278. The van der Waals surface area contributed by atoms with Gasteiger partial charge in [-0.2, -0.15) is 0 Å². The number of aliphatic hydroxyl groups is 1. The molecule has 9 nitrogen and oxygen atoms in total. The van der Waals surface area contributed by atoms with Crippen LogP contribution in [-0.4, -0.2) is 60.5 Å². The van der Waals surface area contributed by atoms with Gasteiger partial charge in [0.25, 0.3) is 0 Å². The number of fused-ring (bicyclic) bond motifs is 3. The van der Waals surface area contributed by atoms with Crippen molar-refractivity contribution in [3.05, 3.63) is 53.9 Å². The lowest BCUT2D eigenvalue weighted by Gasteiger charge is -2.37. The molecule has 3 N–H and O–H groups in total. The molecule has 0 bridgehead atoms. The Kier molecular flexibility index (Phi) is 6.99. The van der Waals surface area contributed by atoms with E-state index in [2.05, 4.69) is 15.6 Å². The average Bonchev–Trinajstić information content (AvgIpc) is 3.16. The fourth-order valence-corrected chi connectivity index (χ4v) is 4.28. The molecule has 1 aromatic heterocycles. The Morgan fingerprint density at radius 3 is 2.91 bits per heavy atom. The number of carbonyl (C=O) groups is 2. The van der Waals surface area contributed by atoms with Gasteiger partial charge in [-0.1, -0.05) is 6.07 Å². The fourth-order valence-electron chi connectivity index (χ4n) is 4.28. The van der Waals surface area contributed by atoms with E-state index in [-0.39, 0.29) is 49.6 Å². The van der Waals surface area contributed by atoms with Crippen LogP contribution >= 0.6 is 0 Å². The molecule has 9 heteroatoms. The zero-order chi connectivity index (χ0) is 22.5. The molecule has 2 aromatic rings. The topological polar surface area (TPSA) is 119 Å². The van der Waals surface area contributed by atoms with Crippen LogP contribution in [0.4, 0.5) is 5.69 Å². The minimum absolute atomic E-state index is 0.0315. The number of methoxy groups -OCH3 is 1. The number of anilines is 1. The van der Waals surface area contributed by atoms with Gasteiger partial charge in [0.1, 0.15) is 24.6 Å². The molecule has 0 radical (unpaired) electrons. The van der Waals surface area contributed by atoms with Crippen molar-refractivity contribution in [2.45, 2.75) is 43.6 Å². The van der Waals surface area contributed by atoms with Crippen molar-refractivity contribution in [3.8, 4) is 5.75 Å². The first-order chi connectivity index (χ1) is 15.6. The molecule has 3 heterocycles. The van der Waals surface area contributed by atoms with E-state index in [0.717, 1.165) is 11.1 Å². The molecule has 170 valence electrons. The zero-order valence-corrected chi connectivity index (χ0v) is 17.8. The van der Waals surface area contributed by atoms with Gasteiger partial charge >= 0.3 is 0 Å². The van der Waals surface area contributed by atoms with Gasteiger partial charge in [-0.3, -0.25) is 14.6 Å². The quantitative estimate of drug-likeness (QED) is 0.566. The Morgan fingerprint density at radius 1 is 1.28 bits per heavy atom. The summed E-state index contributed by atoms with van der Waals surface area (Å²) in [6, 6.07) is 9.17. The smallest absolute Gasteiger partial charge is 0.250 e. The Hall–Kier alpha value is -3.01. The van der Waals surface area contributed by atoms with Crippen LogP contribution in [0.1, 0.15) is 29.9 Å². The maximum Gasteiger partial charge on any atom is 0.250 e. The summed E-state index contributed by atoms with van der Waals surface area (Å²) >= 11 is 0. The number of ether oxygens (including phenoxy) is 3. The number of hydrogen-bond donors (Lipinski definition) is 3. The monoisotopic (exact) mass is 441 g/mol. The second-order valence-corrected chi connectivity index (χ2v) is 7.98. The number of pyridine rings is 1. The highest BCUT2D eigenvalue weighted by atomic mass is 16.6. The second kappa shape index (κ2) is 10.1. The Balaban J connectivity index is 1.42. The van der Waals surface area contributed by atoms with Crippen LogP contribution in [0.5, 0.6) is 5.75 Å². The molecule has 2 aliphatic heterocycles. The van der Waals surface area contributed by atoms with Crippen LogP contribution in [-0.2, 0) is 25.6 Å². The summed E-state index contributed by atoms with van der Waals surface area (Å²) in [5.41, 5.74) is 2.50. The average molecular weight is 441 g/mol. The number of nitrogens with one attached hydrogen (secondary N) is 2. The van der Waals surface area contributed by atoms with Crippen LogP contribution in [0.25, 0.3) is 0 Å². The normalized spacial score (nSPS) is 23.6. The molecule has 1 aromatic carbocycles. The Morgan fingerprint density at radius 2 is 2.16 bits per heavy atom. The van der Waals surface area contributed by atoms with Crippen molar-refractivity contribution in [2.24, 2.45) is 0 Å². The van der Waals surface area contributed by atoms with E-state index in [4.69, 9.17) is 14.2 Å². The largest absolute Gasteiger partial charge is 0.487 e. The number of carbonyl (C=O) groups excluding carboxylic acids is 2. The van der Waals surface area contributed by atoms with Crippen LogP contribution < -0.4 is 15.4 Å². The van der Waals surface area contributed by atoms with Crippen molar-refractivity contribution >= 4 is 17.5 Å². The second-order valence-electron chi connectivity index (χ2n) is 7.98. The van der Waals surface area contributed by atoms with Crippen molar-refractivity contribution in [1.82, 2.24) is 10.3 Å². The van der Waals surface area contributed by atoms with Gasteiger partial charge in [0.05, 0.1) is 19.1 Å². The van der Waals surface area contributed by atoms with E-state index >= 15 is 0 Å². The van der Waals surface area contributed by atoms with E-state index in [9.17, 15) is 14.7 Å². The fraction of sp³-hybridized carbons (Fsp3) is 0.435. The van der Waals surface area contributed by atoms with Crippen LogP contribution in [0.3, 0.4) is 0 Å². The van der Waals surface area contributed by atoms with Gasteiger partial charge < -0.3 is 30.0 Å². The minimum atomic E-state index is -0.538. The van der Waals surface area contributed by atoms with E-state index in [1.165, 1.54) is 7.11 Å². The SMILES string of the molecule is COCC(=O)Nc1ccc2c(c1)[C@H]1C[C@@H](CC(=O)NCc3cccnc3)O[C@@H](CO)[C@H]1O2. The molecular weight excluding hydrogens is 414 g/mol. The molecule has 1 saturated heterocycles. The highest BCUT2D eigenvalue weighted by molar-refractivity contribution is 5.92. The van der Waals surface area contributed by atoms with Gasteiger partial charge in [-0.25, -0.2) is 0 Å². The summed E-state index contributed by atoms with van der Waals surface area (Å²) < 4.78 is 16.9. The number of aliphatic hydroxyl groups excluding tert-OH is 1. The van der Waals surface area contributed by atoms with E-state index in [1.807, 2.05) is 18.2 Å². The number of benzene rings is 1. The van der Waals surface area contributed by atoms with Crippen molar-refractivity contribution in [1.29, 1.82) is 0 Å². The van der Waals surface area contributed by atoms with Gasteiger partial charge in [0.2, 0.25) is 11.8 Å². The molecule has 2 aliphatic rings. The molecule has 32 heavy (non-hydrogen) atoms. The highest BCUT2D eigenvalue weighted by Gasteiger charge is 2.46. The third-order valence-electron chi connectivity index (χ3n) is 5.68. The molecule has 1 fully saturated rings. The Labute approximate surface area is 186 Å². The lowest BCUT2D eigenvalue weighted by molar-refractivity contribution is -0.142. The first-order valence-electron chi connectivity index (χ1n) is 10.6. The van der Waals surface area contributed by atoms with Crippen LogP contribution in [0.15, 0.2) is 42.7 Å². The number of rotatable bonds is 8. The maximum atomic E-state index is 12.5. The maximum absolute atomic E-state index is 12.5. The standard InChI is InChI=1S/C23H27N3O6/c1-30-13-22(29)26-15-4-5-19-17(7-15)18-8-16(31-20(12-27)23(18)32-19)9-21(28)25-11-14-3-2-6-24-10-14/h2-7,10,16,18,20,23,27H,8-9,11-13H2,1H3,(H,25,28)(H,26,29)/t16-,18+,20-,23-/m0/s1. The third-order valence-corrected chi connectivity index (χ3v) is 5.68. The van der Waals surface area contributed by atoms with Gasteiger partial charge in [0.15, 0.2) is 0 Å². The van der Waals surface area contributed by atoms with Gasteiger partial charge in [0, 0.05) is 43.2 Å². The minimum Gasteiger partial charge on any atom is -0.487 e. The summed E-state index contributed by atoms with van der Waals surface area (Å²) in [6.45, 7) is 0.155. The predicted octanol–water partition coefficient (Wildman–Crippen LogP) is 1.37. The summed E-state index contributed by atoms with van der Waals surface area (Å²) in [5, 5.41) is 15.6. The van der Waals surface area contributed by atoms with E-state index in [1.54, 1.807) is 24.5 Å². The first kappa shape index (κ1) is 22.2. The summed E-state index contributed by atoms with van der Waals surface area (Å²) in [4.78, 5) is 28.4. The Bertz CT molecular complexity index is 954. The first-order valence-corrected chi connectivity index (χ1v) is 10.6. The molecule has 4 rings (SSSR count). The van der Waals surface area contributed by atoms with Crippen LogP contribution in [0.2, 0.25) is 0 Å². The molecule has 0 aliphatic carbocycles.